The number of pyridine rings is 2. The van der Waals surface area contributed by atoms with Crippen LogP contribution in [0, 0.1) is 18.7 Å². The van der Waals surface area contributed by atoms with Crippen LogP contribution in [0.15, 0.2) is 49.1 Å². The van der Waals surface area contributed by atoms with Crippen LogP contribution in [0.1, 0.15) is 35.2 Å². The van der Waals surface area contributed by atoms with Crippen LogP contribution in [0.5, 0.6) is 5.88 Å². The van der Waals surface area contributed by atoms with Gasteiger partial charge in [-0.2, -0.15) is 0 Å². The number of aromatic nitrogens is 4. The van der Waals surface area contributed by atoms with Gasteiger partial charge in [0.05, 0.1) is 24.0 Å². The Kier molecular flexibility index (Phi) is 5.05. The maximum absolute atomic E-state index is 13.6. The van der Waals surface area contributed by atoms with E-state index in [1.54, 1.807) is 24.5 Å². The third kappa shape index (κ3) is 3.85. The van der Waals surface area contributed by atoms with Gasteiger partial charge in [-0.05, 0) is 49.8 Å². The van der Waals surface area contributed by atoms with Gasteiger partial charge in [-0.1, -0.05) is 6.07 Å². The van der Waals surface area contributed by atoms with E-state index in [1.807, 2.05) is 24.0 Å². The molecule has 2 bridgehead atoms. The summed E-state index contributed by atoms with van der Waals surface area (Å²) < 4.78 is 19.5. The fraction of sp³-hybridized carbons (Fsp3) is 0.348. The monoisotopic (exact) mass is 419 g/mol. The van der Waals surface area contributed by atoms with Crippen LogP contribution < -0.4 is 4.74 Å². The largest absolute Gasteiger partial charge is 0.472 e. The third-order valence-electron chi connectivity index (χ3n) is 6.01. The average Bonchev–Trinajstić information content (AvgIpc) is 2.81. The summed E-state index contributed by atoms with van der Waals surface area (Å²) in [5.41, 5.74) is 1.84. The Labute approximate surface area is 179 Å². The molecule has 3 atom stereocenters. The predicted octanol–water partition coefficient (Wildman–Crippen LogP) is 3.45. The molecule has 8 heteroatoms. The Bertz CT molecular complexity index is 1090. The number of piperidine rings is 2. The number of carbonyl (C=O) groups is 1. The van der Waals surface area contributed by atoms with Crippen molar-refractivity contribution >= 4 is 5.91 Å². The van der Waals surface area contributed by atoms with E-state index >= 15 is 0 Å². The number of hydrogen-bond acceptors (Lipinski definition) is 6. The first-order chi connectivity index (χ1) is 15.1. The van der Waals surface area contributed by atoms with Gasteiger partial charge in [0.2, 0.25) is 5.88 Å². The minimum Gasteiger partial charge on any atom is -0.472 e. The molecule has 0 spiro atoms. The molecular weight excluding hydrogens is 397 g/mol. The van der Waals surface area contributed by atoms with E-state index in [2.05, 4.69) is 19.9 Å². The molecule has 3 aromatic heterocycles. The SMILES string of the molecule is Cc1ccc(OC2CC3CCC2N(C(=O)c2cccnc2-c2ncc(F)cn2)C3)nc1. The highest BCUT2D eigenvalue weighted by molar-refractivity contribution is 5.99. The number of nitrogens with zero attached hydrogens (tertiary/aromatic N) is 5. The summed E-state index contributed by atoms with van der Waals surface area (Å²) in [5.74, 6) is 0.523. The van der Waals surface area contributed by atoms with E-state index in [1.165, 1.54) is 0 Å². The molecule has 3 unspecified atom stereocenters. The molecule has 3 fully saturated rings. The second-order valence-electron chi connectivity index (χ2n) is 8.16. The summed E-state index contributed by atoms with van der Waals surface area (Å²) in [4.78, 5) is 32.2. The van der Waals surface area contributed by atoms with Crippen molar-refractivity contribution in [1.82, 2.24) is 24.8 Å². The summed E-state index contributed by atoms with van der Waals surface area (Å²) in [6.07, 6.45) is 8.28. The van der Waals surface area contributed by atoms with Crippen LogP contribution in [0.2, 0.25) is 0 Å². The standard InChI is InChI=1S/C23H22FN5O2/c1-14-4-7-20(26-10-14)31-19-9-15-5-6-18(19)29(13-15)23(30)17-3-2-8-25-21(17)22-27-11-16(24)12-28-22/h2-4,7-8,10-12,15,18-19H,5-6,9,13H2,1H3. The lowest BCUT2D eigenvalue weighted by Crippen LogP contribution is -2.59. The molecule has 31 heavy (non-hydrogen) atoms. The zero-order valence-corrected chi connectivity index (χ0v) is 17.1. The van der Waals surface area contributed by atoms with E-state index < -0.39 is 5.82 Å². The van der Waals surface area contributed by atoms with Crippen LogP contribution in [-0.4, -0.2) is 49.4 Å². The fourth-order valence-electron chi connectivity index (χ4n) is 4.52. The third-order valence-corrected chi connectivity index (χ3v) is 6.01. The maximum Gasteiger partial charge on any atom is 0.256 e. The molecule has 6 rings (SSSR count). The number of carbonyl (C=O) groups excluding carboxylic acids is 1. The molecule has 0 N–H and O–H groups in total. The second kappa shape index (κ2) is 8.02. The van der Waals surface area contributed by atoms with Gasteiger partial charge in [0.1, 0.15) is 11.8 Å². The number of halogens is 1. The van der Waals surface area contributed by atoms with Crippen molar-refractivity contribution in [2.75, 3.05) is 6.54 Å². The number of aryl methyl sites for hydroxylation is 1. The number of ether oxygens (including phenoxy) is 1. The predicted molar refractivity (Wildman–Crippen MR) is 111 cm³/mol. The lowest BCUT2D eigenvalue weighted by atomic mass is 9.77. The quantitative estimate of drug-likeness (QED) is 0.644. The first kappa shape index (κ1) is 19.5. The molecule has 3 aliphatic rings. The number of hydrogen-bond donors (Lipinski definition) is 0. The van der Waals surface area contributed by atoms with Crippen molar-refractivity contribution in [2.24, 2.45) is 5.92 Å². The van der Waals surface area contributed by atoms with Crippen molar-refractivity contribution in [3.05, 3.63) is 66.0 Å². The fourth-order valence-corrected chi connectivity index (χ4v) is 4.52. The van der Waals surface area contributed by atoms with Crippen molar-refractivity contribution in [3.63, 3.8) is 0 Å². The van der Waals surface area contributed by atoms with Crippen LogP contribution in [-0.2, 0) is 0 Å². The molecule has 5 heterocycles. The lowest BCUT2D eigenvalue weighted by Gasteiger charge is -2.49. The normalized spacial score (nSPS) is 22.4. The minimum atomic E-state index is -0.536. The van der Waals surface area contributed by atoms with E-state index in [-0.39, 0.29) is 23.9 Å². The van der Waals surface area contributed by atoms with Crippen molar-refractivity contribution in [2.45, 2.75) is 38.3 Å². The molecule has 158 valence electrons. The topological polar surface area (TPSA) is 81.1 Å². The van der Waals surface area contributed by atoms with Gasteiger partial charge in [-0.15, -0.1) is 0 Å². The Morgan fingerprint density at radius 1 is 1.10 bits per heavy atom. The van der Waals surface area contributed by atoms with Crippen LogP contribution >= 0.6 is 0 Å². The van der Waals surface area contributed by atoms with Crippen molar-refractivity contribution in [3.8, 4) is 17.4 Å². The highest BCUT2D eigenvalue weighted by Crippen LogP contribution is 2.38. The Morgan fingerprint density at radius 2 is 1.94 bits per heavy atom. The first-order valence-corrected chi connectivity index (χ1v) is 10.4. The van der Waals surface area contributed by atoms with Gasteiger partial charge in [0.25, 0.3) is 5.91 Å². The smallest absolute Gasteiger partial charge is 0.256 e. The van der Waals surface area contributed by atoms with Crippen molar-refractivity contribution < 1.29 is 13.9 Å². The molecule has 0 radical (unpaired) electrons. The molecule has 1 saturated carbocycles. The molecule has 1 aliphatic carbocycles. The number of rotatable bonds is 4. The highest BCUT2D eigenvalue weighted by Gasteiger charge is 2.45. The van der Waals surface area contributed by atoms with Gasteiger partial charge < -0.3 is 9.64 Å². The molecule has 2 saturated heterocycles. The van der Waals surface area contributed by atoms with Gasteiger partial charge in [-0.25, -0.2) is 19.3 Å². The minimum absolute atomic E-state index is 0.0391. The maximum atomic E-state index is 13.6. The zero-order valence-electron chi connectivity index (χ0n) is 17.1. The summed E-state index contributed by atoms with van der Waals surface area (Å²) in [6.45, 7) is 2.67. The average molecular weight is 419 g/mol. The van der Waals surface area contributed by atoms with Crippen LogP contribution in [0.3, 0.4) is 0 Å². The summed E-state index contributed by atoms with van der Waals surface area (Å²) >= 11 is 0. The summed E-state index contributed by atoms with van der Waals surface area (Å²) in [5, 5.41) is 0. The number of fused-ring (bicyclic) bond motifs is 3. The Hall–Kier alpha value is -3.42. The Morgan fingerprint density at radius 3 is 2.68 bits per heavy atom. The molecule has 7 nitrogen and oxygen atoms in total. The molecule has 0 aromatic carbocycles. The summed E-state index contributed by atoms with van der Waals surface area (Å²) in [6, 6.07) is 7.23. The van der Waals surface area contributed by atoms with E-state index in [4.69, 9.17) is 4.74 Å². The lowest BCUT2D eigenvalue weighted by molar-refractivity contribution is -0.0313. The molecular formula is C23H22FN5O2. The molecule has 3 aromatic rings. The van der Waals surface area contributed by atoms with Crippen LogP contribution in [0.25, 0.3) is 11.5 Å². The van der Waals surface area contributed by atoms with Gasteiger partial charge >= 0.3 is 0 Å². The van der Waals surface area contributed by atoms with Crippen LogP contribution in [0.4, 0.5) is 4.39 Å². The van der Waals surface area contributed by atoms with E-state index in [9.17, 15) is 9.18 Å². The van der Waals surface area contributed by atoms with Gasteiger partial charge in [0, 0.05) is 25.0 Å². The van der Waals surface area contributed by atoms with Gasteiger partial charge in [-0.3, -0.25) is 9.78 Å². The Balaban J connectivity index is 1.42. The molecule has 1 amide bonds. The first-order valence-electron chi connectivity index (χ1n) is 10.4. The number of amides is 1. The highest BCUT2D eigenvalue weighted by atomic mass is 19.1. The zero-order chi connectivity index (χ0) is 21.4. The van der Waals surface area contributed by atoms with E-state index in [0.717, 1.165) is 37.2 Å². The summed E-state index contributed by atoms with van der Waals surface area (Å²) in [7, 11) is 0. The second-order valence-corrected chi connectivity index (χ2v) is 8.16. The van der Waals surface area contributed by atoms with Gasteiger partial charge in [0.15, 0.2) is 11.6 Å². The molecule has 2 aliphatic heterocycles. The van der Waals surface area contributed by atoms with Crippen molar-refractivity contribution in [1.29, 1.82) is 0 Å². The van der Waals surface area contributed by atoms with E-state index in [0.29, 0.717) is 29.6 Å².